The predicted octanol–water partition coefficient (Wildman–Crippen LogP) is 3.26. The predicted molar refractivity (Wildman–Crippen MR) is 82.1 cm³/mol. The monoisotopic (exact) mass is 342 g/mol. The van der Waals surface area contributed by atoms with Crippen LogP contribution in [0.4, 0.5) is 15.8 Å². The zero-order valence-corrected chi connectivity index (χ0v) is 12.9. The summed E-state index contributed by atoms with van der Waals surface area (Å²) in [6, 6.07) is 8.87. The maximum Gasteiger partial charge on any atom is 0.292 e. The highest BCUT2D eigenvalue weighted by atomic mass is 32.2. The molecule has 2 rings (SSSR count). The number of nitrogens with zero attached hydrogens (tertiary/aromatic N) is 1. The summed E-state index contributed by atoms with van der Waals surface area (Å²) < 4.78 is 39.9. The molecule has 0 saturated heterocycles. The normalized spacial score (nSPS) is 11.2. The summed E-state index contributed by atoms with van der Waals surface area (Å²) in [5.74, 6) is -0.880. The Hall–Kier alpha value is -2.13. The number of nitro groups is 1. The second-order valence-electron chi connectivity index (χ2n) is 4.21. The molecule has 9 heteroatoms. The van der Waals surface area contributed by atoms with Crippen LogP contribution in [0.15, 0.2) is 52.3 Å². The number of hydrogen-bond donors (Lipinski definition) is 1. The molecule has 0 aliphatic rings. The number of nitrogens with one attached hydrogen (secondary N) is 1. The maximum atomic E-state index is 13.1. The van der Waals surface area contributed by atoms with Gasteiger partial charge in [-0.15, -0.1) is 11.8 Å². The highest BCUT2D eigenvalue weighted by Crippen LogP contribution is 2.27. The first-order valence-corrected chi connectivity index (χ1v) is 8.65. The van der Waals surface area contributed by atoms with Crippen molar-refractivity contribution in [3.63, 3.8) is 0 Å². The van der Waals surface area contributed by atoms with E-state index in [2.05, 4.69) is 4.72 Å². The topological polar surface area (TPSA) is 89.3 Å². The molecule has 0 fully saturated rings. The molecule has 0 aliphatic heterocycles. The van der Waals surface area contributed by atoms with Crippen LogP contribution in [-0.4, -0.2) is 19.6 Å². The Morgan fingerprint density at radius 1 is 1.23 bits per heavy atom. The van der Waals surface area contributed by atoms with E-state index in [0.717, 1.165) is 17.0 Å². The van der Waals surface area contributed by atoms with Gasteiger partial charge in [0, 0.05) is 10.6 Å². The van der Waals surface area contributed by atoms with Crippen LogP contribution in [0.25, 0.3) is 0 Å². The molecule has 0 atom stereocenters. The van der Waals surface area contributed by atoms with Gasteiger partial charge in [0.25, 0.3) is 15.7 Å². The Labute approximate surface area is 130 Å². The van der Waals surface area contributed by atoms with Crippen LogP contribution in [0.1, 0.15) is 0 Å². The quantitative estimate of drug-likeness (QED) is 0.512. The van der Waals surface area contributed by atoms with Gasteiger partial charge in [-0.05, 0) is 36.6 Å². The van der Waals surface area contributed by atoms with Crippen molar-refractivity contribution in [3.8, 4) is 0 Å². The van der Waals surface area contributed by atoms with Crippen LogP contribution >= 0.6 is 11.8 Å². The lowest BCUT2D eigenvalue weighted by Crippen LogP contribution is -2.15. The Bertz CT molecular complexity index is 825. The zero-order chi connectivity index (χ0) is 16.3. The summed E-state index contributed by atoms with van der Waals surface area (Å²) in [5.41, 5.74) is -0.543. The number of nitro benzene ring substituents is 1. The average Bonchev–Trinajstić information content (AvgIpc) is 2.46. The Morgan fingerprint density at radius 3 is 2.59 bits per heavy atom. The van der Waals surface area contributed by atoms with Crippen LogP contribution in [0.3, 0.4) is 0 Å². The van der Waals surface area contributed by atoms with Crippen LogP contribution in [0.5, 0.6) is 0 Å². The lowest BCUT2D eigenvalue weighted by Gasteiger charge is -2.09. The summed E-state index contributed by atoms with van der Waals surface area (Å²) in [6.45, 7) is 0. The number of sulfonamides is 1. The number of rotatable bonds is 5. The van der Waals surface area contributed by atoms with Crippen molar-refractivity contribution in [2.24, 2.45) is 0 Å². The van der Waals surface area contributed by atoms with E-state index in [1.165, 1.54) is 17.8 Å². The molecule has 22 heavy (non-hydrogen) atoms. The van der Waals surface area contributed by atoms with Crippen molar-refractivity contribution in [2.75, 3.05) is 11.0 Å². The van der Waals surface area contributed by atoms with Crippen molar-refractivity contribution in [2.45, 2.75) is 9.79 Å². The number of halogens is 1. The summed E-state index contributed by atoms with van der Waals surface area (Å²) in [4.78, 5) is 10.2. The van der Waals surface area contributed by atoms with Crippen molar-refractivity contribution < 1.29 is 17.7 Å². The third kappa shape index (κ3) is 3.55. The van der Waals surface area contributed by atoms with Crippen LogP contribution in [0, 0.1) is 15.9 Å². The van der Waals surface area contributed by atoms with Crippen molar-refractivity contribution in [1.82, 2.24) is 0 Å². The molecule has 0 unspecified atom stereocenters. The second kappa shape index (κ2) is 6.32. The van der Waals surface area contributed by atoms with Gasteiger partial charge in [-0.3, -0.25) is 14.8 Å². The fourth-order valence-electron chi connectivity index (χ4n) is 1.76. The zero-order valence-electron chi connectivity index (χ0n) is 11.3. The largest absolute Gasteiger partial charge is 0.292 e. The SMILES string of the molecule is CSc1cccc(NS(=O)(=O)c2ccc(F)cc2[N+](=O)[O-])c1. The first kappa shape index (κ1) is 16.2. The highest BCUT2D eigenvalue weighted by Gasteiger charge is 2.26. The van der Waals surface area contributed by atoms with Crippen molar-refractivity contribution in [3.05, 3.63) is 58.4 Å². The fourth-order valence-corrected chi connectivity index (χ4v) is 3.42. The molecule has 0 bridgehead atoms. The summed E-state index contributed by atoms with van der Waals surface area (Å²) >= 11 is 1.42. The first-order valence-electron chi connectivity index (χ1n) is 5.94. The molecule has 2 aromatic carbocycles. The Balaban J connectivity index is 2.44. The van der Waals surface area contributed by atoms with Gasteiger partial charge in [-0.1, -0.05) is 6.07 Å². The van der Waals surface area contributed by atoms with E-state index in [1.54, 1.807) is 18.2 Å². The Kier molecular flexibility index (Phi) is 4.67. The minimum Gasteiger partial charge on any atom is -0.279 e. The molecule has 0 amide bonds. The van der Waals surface area contributed by atoms with Gasteiger partial charge in [-0.2, -0.15) is 0 Å². The molecule has 116 valence electrons. The van der Waals surface area contributed by atoms with Gasteiger partial charge in [0.15, 0.2) is 4.90 Å². The van der Waals surface area contributed by atoms with E-state index in [0.29, 0.717) is 6.07 Å². The molecule has 1 N–H and O–H groups in total. The summed E-state index contributed by atoms with van der Waals surface area (Å²) in [7, 11) is -4.20. The van der Waals surface area contributed by atoms with Gasteiger partial charge in [0.05, 0.1) is 11.0 Å². The third-order valence-corrected chi connectivity index (χ3v) is 4.88. The third-order valence-electron chi connectivity index (χ3n) is 2.73. The van der Waals surface area contributed by atoms with E-state index in [-0.39, 0.29) is 5.69 Å². The van der Waals surface area contributed by atoms with E-state index in [4.69, 9.17) is 0 Å². The molecule has 0 heterocycles. The molecule has 0 aromatic heterocycles. The number of benzene rings is 2. The fraction of sp³-hybridized carbons (Fsp3) is 0.0769. The lowest BCUT2D eigenvalue weighted by molar-refractivity contribution is -0.388. The van der Waals surface area contributed by atoms with Gasteiger partial charge in [0.1, 0.15) is 5.82 Å². The number of thioether (sulfide) groups is 1. The first-order chi connectivity index (χ1) is 10.3. The molecule has 0 aliphatic carbocycles. The average molecular weight is 342 g/mol. The molecule has 0 radical (unpaired) electrons. The molecule has 2 aromatic rings. The van der Waals surface area contributed by atoms with Crippen LogP contribution < -0.4 is 4.72 Å². The number of anilines is 1. The second-order valence-corrected chi connectivity index (χ2v) is 6.74. The lowest BCUT2D eigenvalue weighted by atomic mass is 10.3. The molecular formula is C13H11FN2O4S2. The van der Waals surface area contributed by atoms with Gasteiger partial charge in [0.2, 0.25) is 0 Å². The van der Waals surface area contributed by atoms with Gasteiger partial charge in [-0.25, -0.2) is 12.8 Å². The van der Waals surface area contributed by atoms with Crippen molar-refractivity contribution in [1.29, 1.82) is 0 Å². The summed E-state index contributed by atoms with van der Waals surface area (Å²) in [5, 5.41) is 10.9. The Morgan fingerprint density at radius 2 is 1.95 bits per heavy atom. The highest BCUT2D eigenvalue weighted by molar-refractivity contribution is 7.98. The summed E-state index contributed by atoms with van der Waals surface area (Å²) in [6.07, 6.45) is 1.83. The van der Waals surface area contributed by atoms with Crippen LogP contribution in [0.2, 0.25) is 0 Å². The van der Waals surface area contributed by atoms with E-state index in [9.17, 15) is 22.9 Å². The van der Waals surface area contributed by atoms with Gasteiger partial charge < -0.3 is 0 Å². The van der Waals surface area contributed by atoms with E-state index >= 15 is 0 Å². The minimum atomic E-state index is -4.20. The maximum absolute atomic E-state index is 13.1. The minimum absolute atomic E-state index is 0.269. The molecule has 0 spiro atoms. The standard InChI is InChI=1S/C13H11FN2O4S2/c1-21-11-4-2-3-10(8-11)15-22(19,20)13-6-5-9(14)7-12(13)16(17)18/h2-8,15H,1H3. The van der Waals surface area contributed by atoms with Crippen molar-refractivity contribution >= 4 is 33.2 Å². The number of hydrogen-bond acceptors (Lipinski definition) is 5. The molecular weight excluding hydrogens is 331 g/mol. The molecule has 0 saturated carbocycles. The van der Waals surface area contributed by atoms with Gasteiger partial charge >= 0.3 is 0 Å². The van der Waals surface area contributed by atoms with Crippen LogP contribution in [-0.2, 0) is 10.0 Å². The van der Waals surface area contributed by atoms with E-state index in [1.807, 2.05) is 6.26 Å². The van der Waals surface area contributed by atoms with E-state index < -0.39 is 31.3 Å². The smallest absolute Gasteiger partial charge is 0.279 e. The molecule has 6 nitrogen and oxygen atoms in total.